The molecule has 1 aromatic carbocycles. The Balaban J connectivity index is 2.98. The molecule has 0 heterocycles. The van der Waals surface area contributed by atoms with E-state index in [2.05, 4.69) is 37.2 Å². The first kappa shape index (κ1) is 15.2. The van der Waals surface area contributed by atoms with Gasteiger partial charge in [-0.25, -0.2) is 4.79 Å². The highest BCUT2D eigenvalue weighted by molar-refractivity contribution is 9.11. The Hall–Kier alpha value is -0.880. The Labute approximate surface area is 122 Å². The zero-order valence-corrected chi connectivity index (χ0v) is 13.1. The van der Waals surface area contributed by atoms with Crippen LogP contribution in [-0.2, 0) is 4.79 Å². The lowest BCUT2D eigenvalue weighted by Crippen LogP contribution is -2.51. The van der Waals surface area contributed by atoms with E-state index < -0.39 is 17.4 Å². The molecule has 0 saturated carbocycles. The van der Waals surface area contributed by atoms with Crippen LogP contribution in [0.4, 0.5) is 0 Å². The lowest BCUT2D eigenvalue weighted by Gasteiger charge is -2.24. The third-order valence-electron chi connectivity index (χ3n) is 2.69. The van der Waals surface area contributed by atoms with E-state index in [1.807, 2.05) is 0 Å². The normalized spacial score (nSPS) is 13.8. The summed E-state index contributed by atoms with van der Waals surface area (Å²) < 4.78 is 1.49. The molecule has 18 heavy (non-hydrogen) atoms. The molecular formula is C12H13Br2NO3. The molecule has 0 fully saturated rings. The maximum Gasteiger partial charge on any atom is 0.329 e. The van der Waals surface area contributed by atoms with Crippen molar-refractivity contribution in [2.24, 2.45) is 0 Å². The SMILES string of the molecule is CCC(C)(NC(=O)c1cc(Br)cc(Br)c1)C(=O)O. The van der Waals surface area contributed by atoms with Crippen LogP contribution >= 0.6 is 31.9 Å². The molecule has 1 atom stereocenters. The molecular weight excluding hydrogens is 366 g/mol. The standard InChI is InChI=1S/C12H13Br2NO3/c1-3-12(2,11(17)18)15-10(16)7-4-8(13)6-9(14)5-7/h4-6H,3H2,1-2H3,(H,15,16)(H,17,18). The minimum absolute atomic E-state index is 0.309. The Morgan fingerprint density at radius 2 is 1.78 bits per heavy atom. The van der Waals surface area contributed by atoms with Gasteiger partial charge in [-0.1, -0.05) is 38.8 Å². The van der Waals surface area contributed by atoms with E-state index in [1.54, 1.807) is 25.1 Å². The first-order chi connectivity index (χ1) is 8.28. The van der Waals surface area contributed by atoms with Crippen LogP contribution in [0.2, 0.25) is 0 Å². The summed E-state index contributed by atoms with van der Waals surface area (Å²) in [6.07, 6.45) is 0.309. The second-order valence-electron chi connectivity index (χ2n) is 4.10. The van der Waals surface area contributed by atoms with Crippen LogP contribution in [0.5, 0.6) is 0 Å². The molecule has 0 aromatic heterocycles. The van der Waals surface area contributed by atoms with Crippen molar-refractivity contribution in [2.45, 2.75) is 25.8 Å². The van der Waals surface area contributed by atoms with Crippen LogP contribution < -0.4 is 5.32 Å². The maximum atomic E-state index is 12.0. The minimum atomic E-state index is -1.26. The minimum Gasteiger partial charge on any atom is -0.480 e. The summed E-state index contributed by atoms with van der Waals surface area (Å²) in [6.45, 7) is 3.20. The van der Waals surface area contributed by atoms with Crippen molar-refractivity contribution in [3.8, 4) is 0 Å². The molecule has 0 bridgehead atoms. The van der Waals surface area contributed by atoms with Gasteiger partial charge in [0, 0.05) is 14.5 Å². The van der Waals surface area contributed by atoms with Crippen LogP contribution in [-0.4, -0.2) is 22.5 Å². The topological polar surface area (TPSA) is 66.4 Å². The van der Waals surface area contributed by atoms with Crippen LogP contribution in [0.15, 0.2) is 27.1 Å². The number of aliphatic carboxylic acids is 1. The summed E-state index contributed by atoms with van der Waals surface area (Å²) in [5.41, 5.74) is -0.858. The molecule has 0 aliphatic rings. The van der Waals surface area contributed by atoms with Crippen molar-refractivity contribution in [3.63, 3.8) is 0 Å². The average molecular weight is 379 g/mol. The number of rotatable bonds is 4. The van der Waals surface area contributed by atoms with Crippen LogP contribution in [0.25, 0.3) is 0 Å². The number of carboxylic acid groups (broad SMARTS) is 1. The first-order valence-electron chi connectivity index (χ1n) is 5.30. The Kier molecular flexibility index (Phi) is 4.92. The number of carbonyl (C=O) groups excluding carboxylic acids is 1. The molecule has 1 aromatic rings. The van der Waals surface area contributed by atoms with E-state index in [1.165, 1.54) is 6.92 Å². The first-order valence-corrected chi connectivity index (χ1v) is 6.89. The van der Waals surface area contributed by atoms with Crippen LogP contribution in [0.1, 0.15) is 30.6 Å². The highest BCUT2D eigenvalue weighted by atomic mass is 79.9. The number of carboxylic acids is 1. The predicted molar refractivity (Wildman–Crippen MR) is 75.6 cm³/mol. The molecule has 0 aliphatic carbocycles. The largest absolute Gasteiger partial charge is 0.480 e. The van der Waals surface area contributed by atoms with Gasteiger partial charge in [0.25, 0.3) is 5.91 Å². The van der Waals surface area contributed by atoms with Gasteiger partial charge in [-0.15, -0.1) is 0 Å². The number of halogens is 2. The molecule has 1 amide bonds. The molecule has 6 heteroatoms. The van der Waals surface area contributed by atoms with Crippen molar-refractivity contribution in [3.05, 3.63) is 32.7 Å². The van der Waals surface area contributed by atoms with Gasteiger partial charge in [0.1, 0.15) is 5.54 Å². The van der Waals surface area contributed by atoms with E-state index in [-0.39, 0.29) is 0 Å². The molecule has 0 radical (unpaired) electrons. The van der Waals surface area contributed by atoms with Gasteiger partial charge < -0.3 is 10.4 Å². The maximum absolute atomic E-state index is 12.0. The molecule has 2 N–H and O–H groups in total. The zero-order valence-electron chi connectivity index (χ0n) is 9.96. The quantitative estimate of drug-likeness (QED) is 0.845. The van der Waals surface area contributed by atoms with Crippen LogP contribution in [0.3, 0.4) is 0 Å². The van der Waals surface area contributed by atoms with Crippen molar-refractivity contribution in [1.29, 1.82) is 0 Å². The number of carbonyl (C=O) groups is 2. The zero-order chi connectivity index (χ0) is 13.9. The molecule has 1 rings (SSSR count). The van der Waals surface area contributed by atoms with Crippen molar-refractivity contribution in [2.75, 3.05) is 0 Å². The molecule has 0 aliphatic heterocycles. The monoisotopic (exact) mass is 377 g/mol. The van der Waals surface area contributed by atoms with Gasteiger partial charge in [0.15, 0.2) is 0 Å². The summed E-state index contributed by atoms with van der Waals surface area (Å²) in [4.78, 5) is 23.1. The highest BCUT2D eigenvalue weighted by Crippen LogP contribution is 2.21. The lowest BCUT2D eigenvalue weighted by molar-refractivity contribution is -0.143. The fourth-order valence-electron chi connectivity index (χ4n) is 1.30. The van der Waals surface area contributed by atoms with Crippen molar-refractivity contribution in [1.82, 2.24) is 5.32 Å². The van der Waals surface area contributed by atoms with Gasteiger partial charge in [0.05, 0.1) is 0 Å². The Morgan fingerprint density at radius 1 is 1.28 bits per heavy atom. The predicted octanol–water partition coefficient (Wildman–Crippen LogP) is 3.19. The van der Waals surface area contributed by atoms with Crippen molar-refractivity contribution >= 4 is 43.7 Å². The summed E-state index contributed by atoms with van der Waals surface area (Å²) in [7, 11) is 0. The van der Waals surface area contributed by atoms with Crippen LogP contribution in [0, 0.1) is 0 Å². The third-order valence-corrected chi connectivity index (χ3v) is 3.61. The van der Waals surface area contributed by atoms with Gasteiger partial charge >= 0.3 is 5.97 Å². The molecule has 0 saturated heterocycles. The van der Waals surface area contributed by atoms with E-state index in [9.17, 15) is 9.59 Å². The average Bonchev–Trinajstić information content (AvgIpc) is 2.27. The lowest BCUT2D eigenvalue weighted by atomic mass is 9.98. The number of nitrogens with one attached hydrogen (secondary N) is 1. The fourth-order valence-corrected chi connectivity index (χ4v) is 2.59. The number of benzene rings is 1. The summed E-state index contributed by atoms with van der Waals surface area (Å²) in [5, 5.41) is 11.6. The Bertz CT molecular complexity index is 470. The molecule has 4 nitrogen and oxygen atoms in total. The van der Waals surface area contributed by atoms with Gasteiger partial charge in [-0.3, -0.25) is 4.79 Å². The highest BCUT2D eigenvalue weighted by Gasteiger charge is 2.33. The molecule has 98 valence electrons. The summed E-state index contributed by atoms with van der Waals surface area (Å²) >= 11 is 6.56. The summed E-state index contributed by atoms with van der Waals surface area (Å²) in [5.74, 6) is -1.46. The number of hydrogen-bond donors (Lipinski definition) is 2. The van der Waals surface area contributed by atoms with E-state index in [4.69, 9.17) is 5.11 Å². The van der Waals surface area contributed by atoms with Gasteiger partial charge in [-0.05, 0) is 31.5 Å². The summed E-state index contributed by atoms with van der Waals surface area (Å²) in [6, 6.07) is 5.07. The van der Waals surface area contributed by atoms with Gasteiger partial charge in [-0.2, -0.15) is 0 Å². The second kappa shape index (κ2) is 5.84. The van der Waals surface area contributed by atoms with Crippen molar-refractivity contribution < 1.29 is 14.7 Å². The smallest absolute Gasteiger partial charge is 0.329 e. The fraction of sp³-hybridized carbons (Fsp3) is 0.333. The Morgan fingerprint density at radius 3 is 2.17 bits per heavy atom. The number of hydrogen-bond acceptors (Lipinski definition) is 2. The third kappa shape index (κ3) is 3.55. The molecule has 1 unspecified atom stereocenters. The van der Waals surface area contributed by atoms with Gasteiger partial charge in [0.2, 0.25) is 0 Å². The molecule has 0 spiro atoms. The van der Waals surface area contributed by atoms with E-state index in [0.29, 0.717) is 12.0 Å². The van der Waals surface area contributed by atoms with E-state index >= 15 is 0 Å². The van der Waals surface area contributed by atoms with E-state index in [0.717, 1.165) is 8.95 Å². The second-order valence-corrected chi connectivity index (χ2v) is 5.93. The number of amides is 1.